The Morgan fingerprint density at radius 2 is 1.83 bits per heavy atom. The number of aliphatic hydroxyl groups is 1. The van der Waals surface area contributed by atoms with Gasteiger partial charge in [0.15, 0.2) is 0 Å². The summed E-state index contributed by atoms with van der Waals surface area (Å²) < 4.78 is 0. The molecule has 0 aromatic heterocycles. The largest absolute Gasteiger partial charge is 0.393 e. The molecule has 0 aromatic rings. The highest BCUT2D eigenvalue weighted by Crippen LogP contribution is 2.18. The van der Waals surface area contributed by atoms with Crippen molar-refractivity contribution in [3.63, 3.8) is 0 Å². The molecule has 1 heterocycles. The van der Waals surface area contributed by atoms with Crippen molar-refractivity contribution < 1.29 is 5.11 Å². The van der Waals surface area contributed by atoms with Crippen LogP contribution in [0.3, 0.4) is 0 Å². The van der Waals surface area contributed by atoms with Crippen molar-refractivity contribution in [2.24, 2.45) is 5.92 Å². The van der Waals surface area contributed by atoms with Gasteiger partial charge in [0, 0.05) is 12.6 Å². The van der Waals surface area contributed by atoms with Gasteiger partial charge in [-0.25, -0.2) is 0 Å². The first kappa shape index (κ1) is 10.0. The molecule has 0 bridgehead atoms. The van der Waals surface area contributed by atoms with Crippen LogP contribution in [0.1, 0.15) is 33.6 Å². The van der Waals surface area contributed by atoms with Gasteiger partial charge >= 0.3 is 0 Å². The molecule has 1 aliphatic rings. The van der Waals surface area contributed by atoms with E-state index in [4.69, 9.17) is 0 Å². The lowest BCUT2D eigenvalue weighted by Gasteiger charge is -2.23. The zero-order valence-corrected chi connectivity index (χ0v) is 8.45. The Labute approximate surface area is 75.6 Å². The fraction of sp³-hybridized carbons (Fsp3) is 1.00. The summed E-state index contributed by atoms with van der Waals surface area (Å²) >= 11 is 0. The monoisotopic (exact) mass is 171 g/mol. The molecule has 1 fully saturated rings. The molecule has 1 saturated heterocycles. The lowest BCUT2D eigenvalue weighted by atomic mass is 10.0. The summed E-state index contributed by atoms with van der Waals surface area (Å²) in [6.45, 7) is 8.80. The minimum atomic E-state index is -0.0752. The highest BCUT2D eigenvalue weighted by Gasteiger charge is 2.21. The summed E-state index contributed by atoms with van der Waals surface area (Å²) in [6, 6.07) is 0.627. The fourth-order valence-electron chi connectivity index (χ4n) is 1.77. The van der Waals surface area contributed by atoms with Gasteiger partial charge in [-0.1, -0.05) is 6.92 Å². The van der Waals surface area contributed by atoms with Gasteiger partial charge < -0.3 is 10.0 Å². The van der Waals surface area contributed by atoms with Crippen molar-refractivity contribution in [2.75, 3.05) is 13.1 Å². The summed E-state index contributed by atoms with van der Waals surface area (Å²) in [5.41, 5.74) is 0. The van der Waals surface area contributed by atoms with E-state index in [1.54, 1.807) is 0 Å². The number of rotatable bonds is 1. The molecule has 0 saturated carbocycles. The Hall–Kier alpha value is -0.0800. The standard InChI is InChI=1S/C10H21NO/c1-8(2)11-6-4-9(3)10(12)5-7-11/h8-10,12H,4-7H2,1-3H3/t9-,10+/m0/s1. The Balaban J connectivity index is 2.44. The molecule has 0 amide bonds. The molecule has 0 radical (unpaired) electrons. The molecular weight excluding hydrogens is 150 g/mol. The van der Waals surface area contributed by atoms with E-state index < -0.39 is 0 Å². The molecular formula is C10H21NO. The van der Waals surface area contributed by atoms with Crippen molar-refractivity contribution in [1.29, 1.82) is 0 Å². The Morgan fingerprint density at radius 3 is 2.42 bits per heavy atom. The van der Waals surface area contributed by atoms with Crippen molar-refractivity contribution in [3.05, 3.63) is 0 Å². The third kappa shape index (κ3) is 2.46. The van der Waals surface area contributed by atoms with Crippen LogP contribution in [0.15, 0.2) is 0 Å². The number of likely N-dealkylation sites (tertiary alicyclic amines) is 1. The summed E-state index contributed by atoms with van der Waals surface area (Å²) in [7, 11) is 0. The zero-order valence-electron chi connectivity index (χ0n) is 8.45. The third-order valence-electron chi connectivity index (χ3n) is 2.97. The molecule has 0 spiro atoms. The van der Waals surface area contributed by atoms with Gasteiger partial charge in [0.2, 0.25) is 0 Å². The van der Waals surface area contributed by atoms with E-state index in [2.05, 4.69) is 25.7 Å². The highest BCUT2D eigenvalue weighted by atomic mass is 16.3. The Kier molecular flexibility index (Phi) is 3.53. The van der Waals surface area contributed by atoms with Gasteiger partial charge in [-0.2, -0.15) is 0 Å². The van der Waals surface area contributed by atoms with Gasteiger partial charge in [-0.05, 0) is 39.2 Å². The predicted octanol–water partition coefficient (Wildman–Crippen LogP) is 1.49. The number of hydrogen-bond acceptors (Lipinski definition) is 2. The van der Waals surface area contributed by atoms with E-state index in [0.29, 0.717) is 12.0 Å². The summed E-state index contributed by atoms with van der Waals surface area (Å²) in [6.07, 6.45) is 2.01. The molecule has 1 rings (SSSR count). The van der Waals surface area contributed by atoms with E-state index in [0.717, 1.165) is 25.9 Å². The molecule has 0 unspecified atom stereocenters. The molecule has 2 atom stereocenters. The van der Waals surface area contributed by atoms with Crippen molar-refractivity contribution in [1.82, 2.24) is 4.90 Å². The molecule has 1 N–H and O–H groups in total. The average Bonchev–Trinajstić information content (AvgIpc) is 2.16. The molecule has 0 aliphatic carbocycles. The second-order valence-electron chi connectivity index (χ2n) is 4.25. The molecule has 0 aromatic carbocycles. The maximum atomic E-state index is 9.63. The molecule has 2 nitrogen and oxygen atoms in total. The number of hydrogen-bond donors (Lipinski definition) is 1. The van der Waals surface area contributed by atoms with Gasteiger partial charge in [-0.15, -0.1) is 0 Å². The molecule has 72 valence electrons. The van der Waals surface area contributed by atoms with Crippen LogP contribution in [0.5, 0.6) is 0 Å². The summed E-state index contributed by atoms with van der Waals surface area (Å²) in [5, 5.41) is 9.63. The quantitative estimate of drug-likeness (QED) is 0.646. The van der Waals surface area contributed by atoms with Gasteiger partial charge in [-0.3, -0.25) is 0 Å². The van der Waals surface area contributed by atoms with Crippen LogP contribution in [0.2, 0.25) is 0 Å². The van der Waals surface area contributed by atoms with Gasteiger partial charge in [0.05, 0.1) is 6.10 Å². The second kappa shape index (κ2) is 4.24. The molecule has 1 aliphatic heterocycles. The molecule has 2 heteroatoms. The molecule has 12 heavy (non-hydrogen) atoms. The maximum Gasteiger partial charge on any atom is 0.0578 e. The summed E-state index contributed by atoms with van der Waals surface area (Å²) in [4.78, 5) is 2.45. The minimum Gasteiger partial charge on any atom is -0.393 e. The van der Waals surface area contributed by atoms with Crippen molar-refractivity contribution in [3.8, 4) is 0 Å². The van der Waals surface area contributed by atoms with E-state index in [9.17, 15) is 5.11 Å². The van der Waals surface area contributed by atoms with E-state index >= 15 is 0 Å². The average molecular weight is 171 g/mol. The van der Waals surface area contributed by atoms with E-state index in [-0.39, 0.29) is 6.10 Å². The van der Waals surface area contributed by atoms with Crippen LogP contribution < -0.4 is 0 Å². The first-order chi connectivity index (χ1) is 5.61. The predicted molar refractivity (Wildman–Crippen MR) is 51.1 cm³/mol. The van der Waals surface area contributed by atoms with Crippen LogP contribution in [-0.4, -0.2) is 35.2 Å². The van der Waals surface area contributed by atoms with Crippen LogP contribution >= 0.6 is 0 Å². The van der Waals surface area contributed by atoms with Crippen molar-refractivity contribution >= 4 is 0 Å². The summed E-state index contributed by atoms with van der Waals surface area (Å²) in [5.74, 6) is 0.480. The van der Waals surface area contributed by atoms with E-state index in [1.807, 2.05) is 0 Å². The first-order valence-corrected chi connectivity index (χ1v) is 5.03. The first-order valence-electron chi connectivity index (χ1n) is 5.03. The lowest BCUT2D eigenvalue weighted by molar-refractivity contribution is 0.111. The maximum absolute atomic E-state index is 9.63. The van der Waals surface area contributed by atoms with Crippen LogP contribution in [0.25, 0.3) is 0 Å². The fourth-order valence-corrected chi connectivity index (χ4v) is 1.77. The van der Waals surface area contributed by atoms with Gasteiger partial charge in [0.25, 0.3) is 0 Å². The van der Waals surface area contributed by atoms with Crippen LogP contribution in [0, 0.1) is 5.92 Å². The number of nitrogens with zero attached hydrogens (tertiary/aromatic N) is 1. The third-order valence-corrected chi connectivity index (χ3v) is 2.97. The van der Waals surface area contributed by atoms with Crippen LogP contribution in [-0.2, 0) is 0 Å². The Morgan fingerprint density at radius 1 is 1.25 bits per heavy atom. The van der Waals surface area contributed by atoms with Crippen LogP contribution in [0.4, 0.5) is 0 Å². The smallest absolute Gasteiger partial charge is 0.0578 e. The van der Waals surface area contributed by atoms with E-state index in [1.165, 1.54) is 0 Å². The highest BCUT2D eigenvalue weighted by molar-refractivity contribution is 4.75. The second-order valence-corrected chi connectivity index (χ2v) is 4.25. The van der Waals surface area contributed by atoms with Crippen molar-refractivity contribution in [2.45, 2.75) is 45.8 Å². The Bertz CT molecular complexity index is 124. The minimum absolute atomic E-state index is 0.0752. The SMILES string of the molecule is CC(C)N1CC[C@@H](O)[C@@H](C)CC1. The topological polar surface area (TPSA) is 23.5 Å². The zero-order chi connectivity index (χ0) is 9.14. The normalized spacial score (nSPS) is 33.8. The lowest BCUT2D eigenvalue weighted by Crippen LogP contribution is -2.31. The van der Waals surface area contributed by atoms with Gasteiger partial charge in [0.1, 0.15) is 0 Å². The number of aliphatic hydroxyl groups excluding tert-OH is 1.